The molecule has 0 aromatic carbocycles. The van der Waals surface area contributed by atoms with E-state index in [1.165, 1.54) is 20.8 Å². The average molecular weight is 873 g/mol. The third-order valence-corrected chi connectivity index (χ3v) is 9.14. The fraction of sp³-hybridized carbons (Fsp3) is 0.694. The molecule has 0 aromatic heterocycles. The van der Waals surface area contributed by atoms with Crippen LogP contribution in [0, 0.1) is 5.92 Å². The summed E-state index contributed by atoms with van der Waals surface area (Å²) in [4.78, 5) is 130. The second-order valence-corrected chi connectivity index (χ2v) is 14.5. The van der Waals surface area contributed by atoms with E-state index in [0.717, 1.165) is 0 Å². The standard InChI is InChI=1S/C36H64N12O13/c1-6-17(2)27(48-28(53)18(3)38)34(59)46-23(12-13-25(49)50)33(58)45-22(11-9-15-41-36(39)40)31(56)43-19(4)29(54)42-20(5)30(55)44-21(10-7-8-14-37)32(57)47-24(35(60)61)16-26(51)52/h17-24,27H,6-16,37-38H2,1-5H3,(H,42,54)(H,43,56)(H,44,55)(H,45,58)(H,46,59)(H,47,57)(H,48,53)(H,49,50)(H,51,52)(H,60,61)(H4,39,40,41)/t17-,18-,19-,20-,21-,22-,23-,24-,27-/m0/s1. The number of carbonyl (C=O) groups excluding carboxylic acids is 7. The summed E-state index contributed by atoms with van der Waals surface area (Å²) in [5.41, 5.74) is 22.0. The van der Waals surface area contributed by atoms with Gasteiger partial charge < -0.3 is 75.5 Å². The van der Waals surface area contributed by atoms with Crippen LogP contribution in [0.5, 0.6) is 0 Å². The smallest absolute Gasteiger partial charge is 0.326 e. The van der Waals surface area contributed by atoms with Gasteiger partial charge in [-0.2, -0.15) is 0 Å². The molecule has 7 amide bonds. The fourth-order valence-electron chi connectivity index (χ4n) is 5.32. The maximum Gasteiger partial charge on any atom is 0.326 e. The molecule has 0 aliphatic carbocycles. The largest absolute Gasteiger partial charge is 0.481 e. The number of nitrogens with one attached hydrogen (secondary N) is 7. The summed E-state index contributed by atoms with van der Waals surface area (Å²) in [7, 11) is 0. The maximum absolute atomic E-state index is 13.7. The van der Waals surface area contributed by atoms with Crippen LogP contribution in [0.15, 0.2) is 4.99 Å². The molecule has 25 nitrogen and oxygen atoms in total. The number of carboxylic acid groups (broad SMARTS) is 3. The van der Waals surface area contributed by atoms with Crippen molar-refractivity contribution >= 4 is 65.2 Å². The molecule has 0 aliphatic heterocycles. The number of nitrogens with two attached hydrogens (primary N) is 4. The third kappa shape index (κ3) is 22.2. The molecule has 0 fully saturated rings. The Morgan fingerprint density at radius 2 is 1.02 bits per heavy atom. The highest BCUT2D eigenvalue weighted by atomic mass is 16.4. The fourth-order valence-corrected chi connectivity index (χ4v) is 5.32. The Labute approximate surface area is 353 Å². The van der Waals surface area contributed by atoms with Gasteiger partial charge in [0.05, 0.1) is 12.5 Å². The number of nitrogens with zero attached hydrogens (tertiary/aromatic N) is 1. The first kappa shape index (κ1) is 54.9. The van der Waals surface area contributed by atoms with Crippen LogP contribution in [0.25, 0.3) is 0 Å². The van der Waals surface area contributed by atoms with E-state index in [4.69, 9.17) is 28.0 Å². The molecule has 18 N–H and O–H groups in total. The number of unbranched alkanes of at least 4 members (excludes halogenated alkanes) is 1. The van der Waals surface area contributed by atoms with E-state index in [1.54, 1.807) is 13.8 Å². The summed E-state index contributed by atoms with van der Waals surface area (Å²) >= 11 is 0. The van der Waals surface area contributed by atoms with Gasteiger partial charge >= 0.3 is 17.9 Å². The minimum atomic E-state index is -1.79. The number of carboxylic acids is 3. The number of amides is 7. The van der Waals surface area contributed by atoms with Crippen molar-refractivity contribution in [2.45, 2.75) is 141 Å². The molecule has 346 valence electrons. The number of aliphatic carboxylic acids is 3. The van der Waals surface area contributed by atoms with Crippen LogP contribution in [0.2, 0.25) is 0 Å². The molecule has 0 heterocycles. The van der Waals surface area contributed by atoms with Crippen molar-refractivity contribution in [2.24, 2.45) is 33.8 Å². The zero-order valence-electron chi connectivity index (χ0n) is 35.2. The Bertz CT molecular complexity index is 1570. The van der Waals surface area contributed by atoms with Gasteiger partial charge in [0, 0.05) is 13.0 Å². The third-order valence-electron chi connectivity index (χ3n) is 9.14. The summed E-state index contributed by atoms with van der Waals surface area (Å²) in [6.07, 6.45) is -0.770. The lowest BCUT2D eigenvalue weighted by atomic mass is 9.97. The minimum Gasteiger partial charge on any atom is -0.481 e. The van der Waals surface area contributed by atoms with E-state index in [-0.39, 0.29) is 38.3 Å². The van der Waals surface area contributed by atoms with E-state index in [0.29, 0.717) is 19.3 Å². The number of aliphatic imine (C=N–C) groups is 1. The highest BCUT2D eigenvalue weighted by Crippen LogP contribution is 2.11. The minimum absolute atomic E-state index is 0.0129. The van der Waals surface area contributed by atoms with Crippen molar-refractivity contribution in [3.05, 3.63) is 0 Å². The molecule has 0 radical (unpaired) electrons. The van der Waals surface area contributed by atoms with E-state index >= 15 is 0 Å². The highest BCUT2D eigenvalue weighted by molar-refractivity contribution is 5.97. The normalized spacial score (nSPS) is 15.3. The lowest BCUT2D eigenvalue weighted by molar-refractivity contribution is -0.147. The van der Waals surface area contributed by atoms with Gasteiger partial charge in [-0.05, 0) is 71.8 Å². The Morgan fingerprint density at radius 3 is 1.49 bits per heavy atom. The molecule has 9 atom stereocenters. The van der Waals surface area contributed by atoms with E-state index < -0.39 is 133 Å². The first-order valence-electron chi connectivity index (χ1n) is 19.7. The topological polar surface area (TPSA) is 432 Å². The van der Waals surface area contributed by atoms with Crippen molar-refractivity contribution in [3.8, 4) is 0 Å². The van der Waals surface area contributed by atoms with Gasteiger partial charge in [-0.3, -0.25) is 48.1 Å². The second-order valence-electron chi connectivity index (χ2n) is 14.5. The van der Waals surface area contributed by atoms with E-state index in [1.807, 2.05) is 0 Å². The quantitative estimate of drug-likeness (QED) is 0.0183. The van der Waals surface area contributed by atoms with Crippen LogP contribution in [-0.2, 0) is 47.9 Å². The SMILES string of the molecule is CC[C@H](C)[C@H](NC(=O)[C@H](C)N)C(=O)N[C@@H](CCC(=O)O)C(=O)N[C@@H](CCCN=C(N)N)C(=O)N[C@@H](C)C(=O)N[C@@H](C)C(=O)N[C@@H](CCCCN)C(=O)N[C@@H](CC(=O)O)C(=O)O. The van der Waals surface area contributed by atoms with Crippen molar-refractivity contribution in [3.63, 3.8) is 0 Å². The van der Waals surface area contributed by atoms with Crippen LogP contribution in [0.3, 0.4) is 0 Å². The number of guanidine groups is 1. The molecule has 0 bridgehead atoms. The summed E-state index contributed by atoms with van der Waals surface area (Å²) in [6, 6.07) is -10.9. The average Bonchev–Trinajstić information content (AvgIpc) is 3.17. The van der Waals surface area contributed by atoms with Crippen molar-refractivity contribution < 1.29 is 63.3 Å². The molecule has 0 rings (SSSR count). The lowest BCUT2D eigenvalue weighted by Crippen LogP contribution is -2.60. The first-order chi connectivity index (χ1) is 28.4. The Balaban J connectivity index is 6.14. The second kappa shape index (κ2) is 28.4. The molecule has 0 saturated carbocycles. The molecule has 0 spiro atoms. The first-order valence-corrected chi connectivity index (χ1v) is 19.7. The molecule has 25 heteroatoms. The van der Waals surface area contributed by atoms with E-state index in [9.17, 15) is 58.2 Å². The van der Waals surface area contributed by atoms with Gasteiger partial charge in [-0.15, -0.1) is 0 Å². The number of hydrogen-bond acceptors (Lipinski definition) is 13. The summed E-state index contributed by atoms with van der Waals surface area (Å²) < 4.78 is 0. The predicted octanol–water partition coefficient (Wildman–Crippen LogP) is -4.58. The number of hydrogen-bond donors (Lipinski definition) is 14. The van der Waals surface area contributed by atoms with Gasteiger partial charge in [0.15, 0.2) is 5.96 Å². The van der Waals surface area contributed by atoms with Crippen molar-refractivity contribution in [2.75, 3.05) is 13.1 Å². The lowest BCUT2D eigenvalue weighted by Gasteiger charge is -2.28. The van der Waals surface area contributed by atoms with Crippen LogP contribution >= 0.6 is 0 Å². The highest BCUT2D eigenvalue weighted by Gasteiger charge is 2.34. The van der Waals surface area contributed by atoms with Crippen LogP contribution in [0.1, 0.15) is 92.4 Å². The molecule has 0 unspecified atom stereocenters. The van der Waals surface area contributed by atoms with Gasteiger partial charge in [0.25, 0.3) is 0 Å². The van der Waals surface area contributed by atoms with Gasteiger partial charge in [-0.25, -0.2) is 4.79 Å². The number of rotatable bonds is 30. The van der Waals surface area contributed by atoms with Gasteiger partial charge in [0.2, 0.25) is 41.4 Å². The zero-order valence-corrected chi connectivity index (χ0v) is 35.2. The Morgan fingerprint density at radius 1 is 0.557 bits per heavy atom. The zero-order chi connectivity index (χ0) is 47.0. The summed E-state index contributed by atoms with van der Waals surface area (Å²) in [5, 5.41) is 44.4. The summed E-state index contributed by atoms with van der Waals surface area (Å²) in [5.74, 6) is -11.2. The van der Waals surface area contributed by atoms with E-state index in [2.05, 4.69) is 42.2 Å². The van der Waals surface area contributed by atoms with Crippen LogP contribution < -0.4 is 60.2 Å². The molecule has 0 saturated heterocycles. The Kier molecular flexibility index (Phi) is 25.5. The van der Waals surface area contributed by atoms with Gasteiger partial charge in [0.1, 0.15) is 42.3 Å². The van der Waals surface area contributed by atoms with Crippen molar-refractivity contribution in [1.29, 1.82) is 0 Å². The molecular formula is C36H64N12O13. The maximum atomic E-state index is 13.7. The molecule has 61 heavy (non-hydrogen) atoms. The molecule has 0 aliphatic rings. The molecule has 0 aromatic rings. The summed E-state index contributed by atoms with van der Waals surface area (Å²) in [6.45, 7) is 7.61. The monoisotopic (exact) mass is 872 g/mol. The van der Waals surface area contributed by atoms with Gasteiger partial charge in [-0.1, -0.05) is 20.3 Å². The van der Waals surface area contributed by atoms with Crippen LogP contribution in [0.4, 0.5) is 0 Å². The van der Waals surface area contributed by atoms with Crippen LogP contribution in [-0.4, -0.2) is 142 Å². The predicted molar refractivity (Wildman–Crippen MR) is 218 cm³/mol. The molecular weight excluding hydrogens is 808 g/mol. The Hall–Kier alpha value is -6.11. The number of carbonyl (C=O) groups is 10. The van der Waals surface area contributed by atoms with Crippen molar-refractivity contribution in [1.82, 2.24) is 37.2 Å².